The van der Waals surface area contributed by atoms with Gasteiger partial charge in [-0.15, -0.1) is 0 Å². The first-order chi connectivity index (χ1) is 6.05. The van der Waals surface area contributed by atoms with Crippen molar-refractivity contribution in [2.45, 2.75) is 23.2 Å². The molecule has 0 saturated carbocycles. The molecule has 2 fully saturated rings. The lowest BCUT2D eigenvalue weighted by Gasteiger charge is -2.23. The van der Waals surface area contributed by atoms with E-state index in [1.165, 1.54) is 6.26 Å². The number of rotatable bonds is 1. The van der Waals surface area contributed by atoms with E-state index >= 15 is 0 Å². The molecule has 5 atom stereocenters. The minimum absolute atomic E-state index is 0.0392. The topological polar surface area (TPSA) is 76.0 Å². The van der Waals surface area contributed by atoms with Crippen molar-refractivity contribution in [1.82, 2.24) is 0 Å². The monoisotopic (exact) mass is 208 g/mol. The average Bonchev–Trinajstić information content (AvgIpc) is 2.57. The van der Waals surface area contributed by atoms with Crippen LogP contribution < -0.4 is 0 Å². The second-order valence-corrected chi connectivity index (χ2v) is 5.01. The molecule has 0 aliphatic carbocycles. The van der Waals surface area contributed by atoms with Crippen LogP contribution >= 0.6 is 0 Å². The molecule has 2 rings (SSSR count). The van der Waals surface area contributed by atoms with Crippen LogP contribution in [0.3, 0.4) is 0 Å². The number of hydrogen-bond acceptors (Lipinski definition) is 5. The van der Waals surface area contributed by atoms with Crippen molar-refractivity contribution >= 4 is 10.8 Å². The van der Waals surface area contributed by atoms with Gasteiger partial charge < -0.3 is 19.7 Å². The highest BCUT2D eigenvalue weighted by Crippen LogP contribution is 2.35. The highest BCUT2D eigenvalue weighted by atomic mass is 32.2. The van der Waals surface area contributed by atoms with Crippen LogP contribution in [0, 0.1) is 0 Å². The molecule has 2 heterocycles. The molecule has 0 spiro atoms. The second kappa shape index (κ2) is 2.99. The summed E-state index contributed by atoms with van der Waals surface area (Å²) in [4.78, 5) is -1.46. The van der Waals surface area contributed by atoms with Crippen LogP contribution in [-0.4, -0.2) is 57.1 Å². The van der Waals surface area contributed by atoms with Crippen LogP contribution in [-0.2, 0) is 20.3 Å². The van der Waals surface area contributed by atoms with Gasteiger partial charge in [-0.3, -0.25) is 4.21 Å². The van der Waals surface area contributed by atoms with E-state index in [1.54, 1.807) is 0 Å². The quantitative estimate of drug-likeness (QED) is 0.532. The number of ether oxygens (including phenoxy) is 2. The van der Waals surface area contributed by atoms with Crippen LogP contribution in [0.25, 0.3) is 0 Å². The highest BCUT2D eigenvalue weighted by Gasteiger charge is 2.58. The normalized spacial score (nSPS) is 52.1. The van der Waals surface area contributed by atoms with Crippen molar-refractivity contribution < 1.29 is 23.9 Å². The SMILES string of the molecule is C[S@@](=O)[C@]1(O)CO[C@@H]2[C@H](O)CO[C@@H]21. The van der Waals surface area contributed by atoms with E-state index in [-0.39, 0.29) is 13.2 Å². The molecule has 0 aromatic rings. The molecule has 0 amide bonds. The fourth-order valence-corrected chi connectivity index (χ4v) is 2.49. The lowest BCUT2D eigenvalue weighted by Crippen LogP contribution is -2.46. The highest BCUT2D eigenvalue weighted by molar-refractivity contribution is 7.85. The van der Waals surface area contributed by atoms with Gasteiger partial charge in [0.2, 0.25) is 0 Å². The van der Waals surface area contributed by atoms with Gasteiger partial charge in [-0.25, -0.2) is 0 Å². The Balaban J connectivity index is 2.23. The minimum Gasteiger partial charge on any atom is -0.388 e. The lowest BCUT2D eigenvalue weighted by atomic mass is 10.1. The molecule has 2 saturated heterocycles. The molecule has 0 bridgehead atoms. The average molecular weight is 208 g/mol. The maximum absolute atomic E-state index is 11.2. The second-order valence-electron chi connectivity index (χ2n) is 3.40. The van der Waals surface area contributed by atoms with Gasteiger partial charge in [0.1, 0.15) is 18.3 Å². The summed E-state index contributed by atoms with van der Waals surface area (Å²) in [6.07, 6.45) is -0.510. The van der Waals surface area contributed by atoms with Crippen LogP contribution in [0.1, 0.15) is 0 Å². The zero-order valence-electron chi connectivity index (χ0n) is 7.17. The van der Waals surface area contributed by atoms with Crippen LogP contribution in [0.5, 0.6) is 0 Å². The Labute approximate surface area is 78.1 Å². The predicted molar refractivity (Wildman–Crippen MR) is 44.5 cm³/mol. The summed E-state index contributed by atoms with van der Waals surface area (Å²) >= 11 is 0. The number of fused-ring (bicyclic) bond motifs is 1. The molecule has 5 nitrogen and oxygen atoms in total. The summed E-state index contributed by atoms with van der Waals surface area (Å²) < 4.78 is 21.5. The van der Waals surface area contributed by atoms with E-state index in [9.17, 15) is 14.4 Å². The Kier molecular flexibility index (Phi) is 2.20. The number of aliphatic hydroxyl groups excluding tert-OH is 1. The van der Waals surface area contributed by atoms with Crippen molar-refractivity contribution in [1.29, 1.82) is 0 Å². The molecule has 0 radical (unpaired) electrons. The standard InChI is InChI=1S/C7H12O5S/c1-13(10)7(9)3-12-5-4(8)2-11-6(5)7/h4-6,8-9H,2-3H2,1H3/t4-,5-,6+,7-,13-/m1/s1. The zero-order chi connectivity index (χ0) is 9.64. The van der Waals surface area contributed by atoms with Crippen molar-refractivity contribution in [2.24, 2.45) is 0 Å². The largest absolute Gasteiger partial charge is 0.388 e. The summed E-state index contributed by atoms with van der Waals surface area (Å²) in [6, 6.07) is 0. The fourth-order valence-electron chi connectivity index (χ4n) is 1.72. The maximum atomic E-state index is 11.2. The maximum Gasteiger partial charge on any atom is 0.191 e. The first-order valence-corrected chi connectivity index (χ1v) is 5.58. The van der Waals surface area contributed by atoms with Gasteiger partial charge in [0, 0.05) is 6.26 Å². The Morgan fingerprint density at radius 2 is 2.23 bits per heavy atom. The van der Waals surface area contributed by atoms with Gasteiger partial charge >= 0.3 is 0 Å². The van der Waals surface area contributed by atoms with Crippen molar-refractivity contribution in [3.8, 4) is 0 Å². The third-order valence-electron chi connectivity index (χ3n) is 2.55. The molecular weight excluding hydrogens is 196 g/mol. The smallest absolute Gasteiger partial charge is 0.191 e. The Morgan fingerprint density at radius 3 is 2.85 bits per heavy atom. The van der Waals surface area contributed by atoms with Gasteiger partial charge in [-0.05, 0) is 0 Å². The Hall–Kier alpha value is -0.0100. The summed E-state index contributed by atoms with van der Waals surface area (Å²) in [5, 5.41) is 19.2. The third kappa shape index (κ3) is 1.25. The summed E-state index contributed by atoms with van der Waals surface area (Å²) in [5.41, 5.74) is 0. The van der Waals surface area contributed by atoms with E-state index in [0.29, 0.717) is 0 Å². The summed E-state index contributed by atoms with van der Waals surface area (Å²) in [5.74, 6) is 0. The molecule has 6 heteroatoms. The molecule has 13 heavy (non-hydrogen) atoms. The van der Waals surface area contributed by atoms with E-state index in [1.807, 2.05) is 0 Å². The number of hydrogen-bond donors (Lipinski definition) is 2. The van der Waals surface area contributed by atoms with Crippen LogP contribution in [0.15, 0.2) is 0 Å². The van der Waals surface area contributed by atoms with Gasteiger partial charge in [-0.1, -0.05) is 0 Å². The van der Waals surface area contributed by atoms with E-state index in [4.69, 9.17) is 9.47 Å². The van der Waals surface area contributed by atoms with Crippen molar-refractivity contribution in [3.05, 3.63) is 0 Å². The predicted octanol–water partition coefficient (Wildman–Crippen LogP) is -1.79. The molecule has 2 aliphatic rings. The van der Waals surface area contributed by atoms with Gasteiger partial charge in [-0.2, -0.15) is 0 Å². The summed E-state index contributed by atoms with van der Waals surface area (Å²) in [7, 11) is -1.44. The summed E-state index contributed by atoms with van der Waals surface area (Å²) in [6.45, 7) is 0.0946. The molecule has 0 aromatic carbocycles. The van der Waals surface area contributed by atoms with Crippen LogP contribution in [0.2, 0.25) is 0 Å². The molecule has 2 aliphatic heterocycles. The first-order valence-electron chi connectivity index (χ1n) is 4.03. The molecule has 2 N–H and O–H groups in total. The molecular formula is C7H12O5S. The Bertz CT molecular complexity index is 245. The van der Waals surface area contributed by atoms with Gasteiger partial charge in [0.05, 0.1) is 24.0 Å². The van der Waals surface area contributed by atoms with Gasteiger partial charge in [0.15, 0.2) is 4.93 Å². The van der Waals surface area contributed by atoms with E-state index < -0.39 is 34.0 Å². The van der Waals surface area contributed by atoms with Crippen molar-refractivity contribution in [3.63, 3.8) is 0 Å². The van der Waals surface area contributed by atoms with E-state index in [2.05, 4.69) is 0 Å². The zero-order valence-corrected chi connectivity index (χ0v) is 7.99. The van der Waals surface area contributed by atoms with Crippen LogP contribution in [0.4, 0.5) is 0 Å². The lowest BCUT2D eigenvalue weighted by molar-refractivity contribution is -0.0163. The fraction of sp³-hybridized carbons (Fsp3) is 1.00. The third-order valence-corrected chi connectivity index (χ3v) is 3.89. The molecule has 76 valence electrons. The minimum atomic E-state index is -1.46. The van der Waals surface area contributed by atoms with Gasteiger partial charge in [0.25, 0.3) is 0 Å². The first kappa shape index (κ1) is 9.54. The Morgan fingerprint density at radius 1 is 1.54 bits per heavy atom. The van der Waals surface area contributed by atoms with Crippen molar-refractivity contribution in [2.75, 3.05) is 19.5 Å². The van der Waals surface area contributed by atoms with E-state index in [0.717, 1.165) is 0 Å². The molecule has 0 unspecified atom stereocenters. The number of aliphatic hydroxyl groups is 2. The molecule has 0 aromatic heterocycles.